The molecule has 1 N–H and O–H groups in total. The van der Waals surface area contributed by atoms with Crippen LogP contribution in [0.4, 0.5) is 5.69 Å². The number of aliphatic hydroxyl groups is 1. The molecule has 0 bridgehead atoms. The van der Waals surface area contributed by atoms with Gasteiger partial charge in [-0.3, -0.25) is 4.98 Å². The molecule has 0 saturated carbocycles. The molecule has 1 aromatic rings. The van der Waals surface area contributed by atoms with E-state index < -0.39 is 0 Å². The highest BCUT2D eigenvalue weighted by Crippen LogP contribution is 2.17. The van der Waals surface area contributed by atoms with E-state index in [-0.39, 0.29) is 6.61 Å². The summed E-state index contributed by atoms with van der Waals surface area (Å²) in [5.41, 5.74) is 2.34. The van der Waals surface area contributed by atoms with E-state index in [2.05, 4.69) is 16.8 Å². The Bertz CT molecular complexity index is 270. The smallest absolute Gasteiger partial charge is 0.0606 e. The third-order valence-corrected chi connectivity index (χ3v) is 2.19. The topological polar surface area (TPSA) is 36.4 Å². The molecule has 0 aliphatic heterocycles. The summed E-state index contributed by atoms with van der Waals surface area (Å²) in [4.78, 5) is 6.25. The molecule has 0 saturated heterocycles. The minimum atomic E-state index is 0.196. The van der Waals surface area contributed by atoms with Crippen LogP contribution in [-0.2, 0) is 0 Å². The number of hydrogen-bond acceptors (Lipinski definition) is 3. The van der Waals surface area contributed by atoms with Crippen molar-refractivity contribution in [1.82, 2.24) is 4.98 Å². The van der Waals surface area contributed by atoms with E-state index >= 15 is 0 Å². The molecule has 1 rings (SSSR count). The van der Waals surface area contributed by atoms with E-state index in [1.807, 2.05) is 19.2 Å². The number of aromatic nitrogens is 1. The predicted octanol–water partition coefficient (Wildman–Crippen LogP) is 1.60. The van der Waals surface area contributed by atoms with Gasteiger partial charge < -0.3 is 10.0 Å². The van der Waals surface area contributed by atoms with Crippen molar-refractivity contribution in [3.63, 3.8) is 0 Å². The second-order valence-electron chi connectivity index (χ2n) is 3.37. The van der Waals surface area contributed by atoms with E-state index in [9.17, 15) is 0 Å². The molecule has 1 aromatic heterocycles. The summed E-state index contributed by atoms with van der Waals surface area (Å²) < 4.78 is 0. The summed E-state index contributed by atoms with van der Waals surface area (Å²) in [6, 6.07) is 2.00. The minimum absolute atomic E-state index is 0.196. The Morgan fingerprint density at radius 1 is 1.43 bits per heavy atom. The van der Waals surface area contributed by atoms with Gasteiger partial charge in [-0.25, -0.2) is 0 Å². The molecule has 3 heteroatoms. The number of aliphatic hydroxyl groups excluding tert-OH is 1. The molecular formula is C11H18N2O. The van der Waals surface area contributed by atoms with Crippen LogP contribution >= 0.6 is 0 Å². The fraction of sp³-hybridized carbons (Fsp3) is 0.545. The number of anilines is 1. The first kappa shape index (κ1) is 11.0. The highest BCUT2D eigenvalue weighted by atomic mass is 16.3. The van der Waals surface area contributed by atoms with Crippen molar-refractivity contribution in [2.75, 3.05) is 24.6 Å². The molecule has 1 heterocycles. The maximum atomic E-state index is 8.96. The Labute approximate surface area is 85.4 Å². The molecule has 14 heavy (non-hydrogen) atoms. The van der Waals surface area contributed by atoms with Crippen molar-refractivity contribution in [1.29, 1.82) is 0 Å². The van der Waals surface area contributed by atoms with Crippen molar-refractivity contribution in [2.24, 2.45) is 0 Å². The van der Waals surface area contributed by atoms with Gasteiger partial charge in [-0.1, -0.05) is 6.92 Å². The van der Waals surface area contributed by atoms with Crippen molar-refractivity contribution in [3.8, 4) is 0 Å². The van der Waals surface area contributed by atoms with E-state index in [1.54, 1.807) is 6.20 Å². The molecule has 0 spiro atoms. The Balaban J connectivity index is 2.81. The van der Waals surface area contributed by atoms with Gasteiger partial charge in [0.1, 0.15) is 0 Å². The zero-order chi connectivity index (χ0) is 10.4. The van der Waals surface area contributed by atoms with Gasteiger partial charge in [-0.2, -0.15) is 0 Å². The summed E-state index contributed by atoms with van der Waals surface area (Å²) in [7, 11) is 0. The maximum Gasteiger partial charge on any atom is 0.0606 e. The van der Waals surface area contributed by atoms with Crippen LogP contribution in [0.25, 0.3) is 0 Å². The first-order chi connectivity index (χ1) is 6.79. The van der Waals surface area contributed by atoms with Crippen LogP contribution in [-0.4, -0.2) is 29.8 Å². The second-order valence-corrected chi connectivity index (χ2v) is 3.37. The standard InChI is InChI=1S/C11H18N2O/c1-3-6-13(7-8-14)11-4-5-12-9-10(11)2/h4-5,9,14H,3,6-8H2,1-2H3. The molecule has 3 nitrogen and oxygen atoms in total. The summed E-state index contributed by atoms with van der Waals surface area (Å²) in [5, 5.41) is 8.96. The number of nitrogens with zero attached hydrogens (tertiary/aromatic N) is 2. The van der Waals surface area contributed by atoms with E-state index in [4.69, 9.17) is 5.11 Å². The quantitative estimate of drug-likeness (QED) is 0.773. The van der Waals surface area contributed by atoms with Gasteiger partial charge in [-0.05, 0) is 25.0 Å². The lowest BCUT2D eigenvalue weighted by Crippen LogP contribution is -2.28. The highest BCUT2D eigenvalue weighted by Gasteiger charge is 2.06. The lowest BCUT2D eigenvalue weighted by atomic mass is 10.2. The largest absolute Gasteiger partial charge is 0.395 e. The Morgan fingerprint density at radius 2 is 2.21 bits per heavy atom. The fourth-order valence-electron chi connectivity index (χ4n) is 1.56. The normalized spacial score (nSPS) is 10.2. The van der Waals surface area contributed by atoms with E-state index in [1.165, 1.54) is 5.69 Å². The van der Waals surface area contributed by atoms with Crippen LogP contribution in [0.3, 0.4) is 0 Å². The highest BCUT2D eigenvalue weighted by molar-refractivity contribution is 5.51. The predicted molar refractivity (Wildman–Crippen MR) is 58.6 cm³/mol. The van der Waals surface area contributed by atoms with Gasteiger partial charge in [0.05, 0.1) is 6.61 Å². The minimum Gasteiger partial charge on any atom is -0.395 e. The fourth-order valence-corrected chi connectivity index (χ4v) is 1.56. The van der Waals surface area contributed by atoms with Gasteiger partial charge in [0.15, 0.2) is 0 Å². The van der Waals surface area contributed by atoms with Crippen molar-refractivity contribution in [3.05, 3.63) is 24.0 Å². The van der Waals surface area contributed by atoms with Gasteiger partial charge in [-0.15, -0.1) is 0 Å². The third-order valence-electron chi connectivity index (χ3n) is 2.19. The van der Waals surface area contributed by atoms with Gasteiger partial charge in [0.2, 0.25) is 0 Å². The van der Waals surface area contributed by atoms with Crippen molar-refractivity contribution >= 4 is 5.69 Å². The van der Waals surface area contributed by atoms with Gasteiger partial charge in [0, 0.05) is 31.2 Å². The molecule has 0 atom stereocenters. The van der Waals surface area contributed by atoms with Crippen LogP contribution in [0.5, 0.6) is 0 Å². The van der Waals surface area contributed by atoms with Crippen LogP contribution in [0, 0.1) is 6.92 Å². The van der Waals surface area contributed by atoms with Crippen LogP contribution in [0.1, 0.15) is 18.9 Å². The summed E-state index contributed by atoms with van der Waals surface area (Å²) in [6.45, 7) is 6.05. The number of aryl methyl sites for hydroxylation is 1. The third kappa shape index (κ3) is 2.70. The van der Waals surface area contributed by atoms with Crippen LogP contribution in [0.2, 0.25) is 0 Å². The van der Waals surface area contributed by atoms with Crippen LogP contribution in [0.15, 0.2) is 18.5 Å². The molecule has 0 unspecified atom stereocenters. The lowest BCUT2D eigenvalue weighted by Gasteiger charge is -2.24. The molecule has 0 aliphatic rings. The van der Waals surface area contributed by atoms with Gasteiger partial charge in [0.25, 0.3) is 0 Å². The SMILES string of the molecule is CCCN(CCO)c1ccncc1C. The molecule has 0 fully saturated rings. The average Bonchev–Trinajstić information content (AvgIpc) is 2.18. The van der Waals surface area contributed by atoms with Gasteiger partial charge >= 0.3 is 0 Å². The summed E-state index contributed by atoms with van der Waals surface area (Å²) in [5.74, 6) is 0. The second kappa shape index (κ2) is 5.60. The molecule has 0 aromatic carbocycles. The summed E-state index contributed by atoms with van der Waals surface area (Å²) >= 11 is 0. The molecular weight excluding hydrogens is 176 g/mol. The van der Waals surface area contributed by atoms with Crippen LogP contribution < -0.4 is 4.90 Å². The maximum absolute atomic E-state index is 8.96. The Kier molecular flexibility index (Phi) is 4.40. The first-order valence-corrected chi connectivity index (χ1v) is 5.06. The molecule has 78 valence electrons. The zero-order valence-electron chi connectivity index (χ0n) is 8.90. The molecule has 0 radical (unpaired) electrons. The first-order valence-electron chi connectivity index (χ1n) is 5.06. The Morgan fingerprint density at radius 3 is 2.79 bits per heavy atom. The Hall–Kier alpha value is -1.09. The molecule has 0 amide bonds. The van der Waals surface area contributed by atoms with Crippen molar-refractivity contribution in [2.45, 2.75) is 20.3 Å². The zero-order valence-corrected chi connectivity index (χ0v) is 8.90. The van der Waals surface area contributed by atoms with E-state index in [0.29, 0.717) is 6.54 Å². The lowest BCUT2D eigenvalue weighted by molar-refractivity contribution is 0.302. The monoisotopic (exact) mass is 194 g/mol. The van der Waals surface area contributed by atoms with E-state index in [0.717, 1.165) is 18.5 Å². The van der Waals surface area contributed by atoms with Crippen molar-refractivity contribution < 1.29 is 5.11 Å². The molecule has 0 aliphatic carbocycles. The number of hydrogen-bond donors (Lipinski definition) is 1. The average molecular weight is 194 g/mol. The number of rotatable bonds is 5. The summed E-state index contributed by atoms with van der Waals surface area (Å²) in [6.07, 6.45) is 4.74. The number of pyridine rings is 1.